The molecule has 1 saturated carbocycles. The molecule has 0 spiro atoms. The first kappa shape index (κ1) is 24.5. The summed E-state index contributed by atoms with van der Waals surface area (Å²) in [6.07, 6.45) is 4.78. The van der Waals surface area contributed by atoms with Crippen LogP contribution in [0.15, 0.2) is 72.8 Å². The van der Waals surface area contributed by atoms with Gasteiger partial charge < -0.3 is 0 Å². The first-order valence-corrected chi connectivity index (χ1v) is 18.0. The van der Waals surface area contributed by atoms with E-state index in [1.807, 2.05) is 36.4 Å². The third kappa shape index (κ3) is 5.80. The van der Waals surface area contributed by atoms with Crippen LogP contribution in [-0.4, -0.2) is 17.3 Å². The molecule has 0 saturated heterocycles. The van der Waals surface area contributed by atoms with Crippen molar-refractivity contribution >= 4 is 31.9 Å². The Kier molecular flexibility index (Phi) is 8.15. The Balaban J connectivity index is 1.26. The molecule has 1 N–H and O–H groups in total. The fourth-order valence-corrected chi connectivity index (χ4v) is 15.4. The third-order valence-corrected chi connectivity index (χ3v) is 17.6. The van der Waals surface area contributed by atoms with Gasteiger partial charge in [0.05, 0.1) is 0 Å². The Morgan fingerprint density at radius 2 is 1.68 bits per heavy atom. The number of nitrogens with one attached hydrogen (secondary N) is 1. The van der Waals surface area contributed by atoms with E-state index in [9.17, 15) is 9.59 Å². The Morgan fingerprint density at radius 1 is 0.941 bits per heavy atom. The second-order valence-electron chi connectivity index (χ2n) is 8.66. The van der Waals surface area contributed by atoms with Gasteiger partial charge in [-0.15, -0.1) is 0 Å². The number of rotatable bonds is 6. The first-order chi connectivity index (χ1) is 16.6. The molecule has 1 heterocycles. The van der Waals surface area contributed by atoms with Crippen LogP contribution in [0.2, 0.25) is 0 Å². The number of amides is 1. The number of benzene rings is 3. The quantitative estimate of drug-likeness (QED) is 0.276. The van der Waals surface area contributed by atoms with Gasteiger partial charge in [0.25, 0.3) is 0 Å². The van der Waals surface area contributed by atoms with Crippen molar-refractivity contribution in [2.75, 3.05) is 0 Å². The number of hydrogen-bond donors (Lipinski definition) is 1. The van der Waals surface area contributed by atoms with Gasteiger partial charge in [-0.25, -0.2) is 0 Å². The Bertz CT molecular complexity index is 1240. The Morgan fingerprint density at radius 3 is 2.44 bits per heavy atom. The van der Waals surface area contributed by atoms with Crippen LogP contribution in [0.5, 0.6) is 0 Å². The number of fused-ring (bicyclic) bond motifs is 1. The van der Waals surface area contributed by atoms with E-state index >= 15 is 0 Å². The molecule has 0 bridgehead atoms. The molecule has 3 nitrogen and oxygen atoms in total. The summed E-state index contributed by atoms with van der Waals surface area (Å²) >= 11 is -1.09. The zero-order chi connectivity index (χ0) is 23.5. The van der Waals surface area contributed by atoms with Gasteiger partial charge in [-0.2, -0.15) is 0 Å². The van der Waals surface area contributed by atoms with E-state index in [4.69, 9.17) is 0 Å². The molecule has 34 heavy (non-hydrogen) atoms. The van der Waals surface area contributed by atoms with Crippen LogP contribution in [0.4, 0.5) is 0 Å². The van der Waals surface area contributed by atoms with Gasteiger partial charge in [0.2, 0.25) is 0 Å². The summed E-state index contributed by atoms with van der Waals surface area (Å²) in [5.41, 5.74) is 2.92. The van der Waals surface area contributed by atoms with Crippen molar-refractivity contribution in [1.29, 1.82) is 0 Å². The number of carbonyl (C=O) groups is 2. The first-order valence-electron chi connectivity index (χ1n) is 11.5. The van der Waals surface area contributed by atoms with Crippen molar-refractivity contribution in [3.05, 3.63) is 100 Å². The summed E-state index contributed by atoms with van der Waals surface area (Å²) in [6.45, 7) is 2.25. The van der Waals surface area contributed by atoms with Crippen molar-refractivity contribution in [3.8, 4) is 0 Å². The fourth-order valence-electron chi connectivity index (χ4n) is 4.23. The van der Waals surface area contributed by atoms with Crippen molar-refractivity contribution in [3.63, 3.8) is 0 Å². The monoisotopic (exact) mass is 789 g/mol. The molecule has 3 aromatic rings. The normalized spacial score (nSPS) is 19.9. The van der Waals surface area contributed by atoms with E-state index in [0.717, 1.165) is 17.5 Å². The number of hydrogen-bond acceptors (Lipinski definition) is 2. The maximum absolute atomic E-state index is 12.9. The molecule has 2 unspecified atom stereocenters. The molecule has 1 amide bonds. The summed E-state index contributed by atoms with van der Waals surface area (Å²) in [7, 11) is 0. The van der Waals surface area contributed by atoms with Crippen LogP contribution >= 0.6 is 20.7 Å². The summed E-state index contributed by atoms with van der Waals surface area (Å²) in [4.78, 5) is 25.6. The molecule has 5 rings (SSSR count). The van der Waals surface area contributed by atoms with E-state index in [-0.39, 0.29) is 47.8 Å². The third-order valence-electron chi connectivity index (χ3n) is 6.24. The van der Waals surface area contributed by atoms with E-state index in [1.54, 1.807) is 1.52 Å². The van der Waals surface area contributed by atoms with Gasteiger partial charge >= 0.3 is 234 Å². The van der Waals surface area contributed by atoms with E-state index < -0.39 is 21.2 Å². The summed E-state index contributed by atoms with van der Waals surface area (Å²) in [6, 6.07) is 25.1. The van der Waals surface area contributed by atoms with Crippen LogP contribution in [-0.2, 0) is 0 Å². The van der Waals surface area contributed by atoms with E-state index in [0.29, 0.717) is 15.7 Å². The van der Waals surface area contributed by atoms with Gasteiger partial charge in [0.15, 0.2) is 0 Å². The SMILES string of the molecule is CC1CCCCC1NC(=O)c1ccc(C2=Ic3cc(C(=O)[I-]c4ccccc4)ccc3[I-]2)cc1. The molecule has 3 aromatic carbocycles. The van der Waals surface area contributed by atoms with Gasteiger partial charge in [0.1, 0.15) is 0 Å². The minimum absolute atomic E-state index is 0.0549. The second kappa shape index (κ2) is 11.3. The van der Waals surface area contributed by atoms with Gasteiger partial charge in [-0.1, -0.05) is 0 Å². The van der Waals surface area contributed by atoms with Crippen LogP contribution in [0.3, 0.4) is 0 Å². The molecule has 2 aliphatic rings. The molecule has 2 atom stereocenters. The topological polar surface area (TPSA) is 46.2 Å². The Hall–Kier alpha value is -1.14. The molecule has 178 valence electrons. The van der Waals surface area contributed by atoms with Crippen LogP contribution in [0.25, 0.3) is 0 Å². The van der Waals surface area contributed by atoms with E-state index in [2.05, 4.69) is 48.6 Å². The molecule has 1 aliphatic carbocycles. The van der Waals surface area contributed by atoms with Gasteiger partial charge in [0, 0.05) is 0 Å². The second-order valence-corrected chi connectivity index (χ2v) is 19.1. The molecule has 1 fully saturated rings. The Labute approximate surface area is 231 Å². The average Bonchev–Trinajstić information content (AvgIpc) is 3.30. The number of carbonyl (C=O) groups excluding carboxylic acids is 2. The summed E-state index contributed by atoms with van der Waals surface area (Å²) < 4.78 is 5.92. The van der Waals surface area contributed by atoms with Gasteiger partial charge in [-0.05, 0) is 0 Å². The van der Waals surface area contributed by atoms with Crippen LogP contribution in [0.1, 0.15) is 58.9 Å². The molecule has 1 aliphatic heterocycles. The number of halogens is 3. The zero-order valence-corrected chi connectivity index (χ0v) is 25.3. The molecular formula is C28H26I3NO2-2. The predicted octanol–water partition coefficient (Wildman–Crippen LogP) is -0.315. The van der Waals surface area contributed by atoms with Crippen molar-refractivity contribution in [2.45, 2.75) is 38.6 Å². The fraction of sp³-hybridized carbons (Fsp3) is 0.250. The molecule has 6 heteroatoms. The van der Waals surface area contributed by atoms with Crippen LogP contribution in [0, 0.1) is 16.6 Å². The average molecular weight is 789 g/mol. The van der Waals surface area contributed by atoms with Crippen molar-refractivity contribution < 1.29 is 52.0 Å². The zero-order valence-electron chi connectivity index (χ0n) is 18.9. The van der Waals surface area contributed by atoms with Crippen LogP contribution < -0.4 is 47.7 Å². The standard InChI is InChI=1S/C28H26I3NO2/c1-18-7-5-6-10-25(18)32-28(34)20-13-11-19(12-14-20)26-30-23-16-15-21(17-24(23)31-26)27(33)29-22-8-3-2-4-9-22/h2-4,8-9,11-18,25H,5-7,10H2,1H3,(H,32,34)/q-2. The van der Waals surface area contributed by atoms with E-state index in [1.165, 1.54) is 35.5 Å². The molecular weight excluding hydrogens is 763 g/mol. The molecule has 0 aromatic heterocycles. The van der Waals surface area contributed by atoms with Crippen molar-refractivity contribution in [1.82, 2.24) is 5.32 Å². The minimum atomic E-state index is -0.661. The summed E-state index contributed by atoms with van der Waals surface area (Å²) in [5.74, 6) is 0.616. The predicted molar refractivity (Wildman–Crippen MR) is 137 cm³/mol. The maximum atomic E-state index is 12.9. The van der Waals surface area contributed by atoms with Gasteiger partial charge in [-0.3, -0.25) is 0 Å². The molecule has 0 radical (unpaired) electrons. The van der Waals surface area contributed by atoms with Crippen molar-refractivity contribution in [2.24, 2.45) is 5.92 Å². The summed E-state index contributed by atoms with van der Waals surface area (Å²) in [5, 5.41) is 3.26.